The molecule has 0 saturated carbocycles. The summed E-state index contributed by atoms with van der Waals surface area (Å²) in [6.45, 7) is 0. The quantitative estimate of drug-likeness (QED) is 0.189. The van der Waals surface area contributed by atoms with Gasteiger partial charge in [0.1, 0.15) is 11.0 Å². The first-order valence-electron chi connectivity index (χ1n) is 13.3. The second-order valence-corrected chi connectivity index (χ2v) is 9.99. The van der Waals surface area contributed by atoms with Gasteiger partial charge in [-0.3, -0.25) is 0 Å². The van der Waals surface area contributed by atoms with Crippen LogP contribution in [0.25, 0.3) is 66.7 Å². The SMILES string of the molecule is FC(F)(F)c1ccccc1-c1ccccc1-c1c2ncoc2c(-c2ccccc2-c2ccccc2C(F)(F)F)c2ncoc12. The third-order valence-corrected chi connectivity index (χ3v) is 7.50. The monoisotopic (exact) mass is 600 g/mol. The Labute approximate surface area is 245 Å². The molecule has 0 aliphatic rings. The van der Waals surface area contributed by atoms with E-state index in [2.05, 4.69) is 9.97 Å². The molecule has 0 amide bonds. The summed E-state index contributed by atoms with van der Waals surface area (Å²) in [4.78, 5) is 8.84. The molecular weight excluding hydrogens is 582 g/mol. The smallest absolute Gasteiger partial charge is 0.417 e. The van der Waals surface area contributed by atoms with Crippen LogP contribution in [0, 0.1) is 0 Å². The zero-order chi connectivity index (χ0) is 30.6. The van der Waals surface area contributed by atoms with Crippen LogP contribution in [0.15, 0.2) is 119 Å². The van der Waals surface area contributed by atoms with Gasteiger partial charge in [-0.05, 0) is 45.5 Å². The molecular formula is C34H18F6N2O2. The van der Waals surface area contributed by atoms with Gasteiger partial charge in [0.25, 0.3) is 0 Å². The first-order chi connectivity index (χ1) is 21.1. The lowest BCUT2D eigenvalue weighted by molar-refractivity contribution is -0.137. The highest BCUT2D eigenvalue weighted by Gasteiger charge is 2.36. The van der Waals surface area contributed by atoms with Crippen LogP contribution < -0.4 is 0 Å². The van der Waals surface area contributed by atoms with E-state index < -0.39 is 23.5 Å². The average Bonchev–Trinajstić information content (AvgIpc) is 3.70. The summed E-state index contributed by atoms with van der Waals surface area (Å²) in [5.41, 5.74) is 1.16. The van der Waals surface area contributed by atoms with Crippen molar-refractivity contribution in [2.45, 2.75) is 12.4 Å². The highest BCUT2D eigenvalue weighted by Crippen LogP contribution is 2.49. The highest BCUT2D eigenvalue weighted by atomic mass is 19.4. The van der Waals surface area contributed by atoms with Crippen molar-refractivity contribution in [3.05, 3.63) is 121 Å². The van der Waals surface area contributed by atoms with Gasteiger partial charge in [0.15, 0.2) is 24.0 Å². The lowest BCUT2D eigenvalue weighted by Gasteiger charge is -2.18. The topological polar surface area (TPSA) is 52.1 Å². The van der Waals surface area contributed by atoms with Crippen LogP contribution in [0.5, 0.6) is 0 Å². The molecule has 0 radical (unpaired) electrons. The third kappa shape index (κ3) is 4.41. The van der Waals surface area contributed by atoms with Crippen molar-refractivity contribution in [3.8, 4) is 44.5 Å². The Kier molecular flexibility index (Phi) is 6.31. The van der Waals surface area contributed by atoms with Crippen molar-refractivity contribution >= 4 is 22.2 Å². The first-order valence-corrected chi connectivity index (χ1v) is 13.3. The number of benzene rings is 5. The zero-order valence-corrected chi connectivity index (χ0v) is 22.4. The van der Waals surface area contributed by atoms with E-state index in [0.29, 0.717) is 22.3 Å². The zero-order valence-electron chi connectivity index (χ0n) is 22.4. The van der Waals surface area contributed by atoms with E-state index in [1.807, 2.05) is 0 Å². The molecule has 0 spiro atoms. The van der Waals surface area contributed by atoms with E-state index in [1.54, 1.807) is 48.5 Å². The van der Waals surface area contributed by atoms with Gasteiger partial charge >= 0.3 is 12.4 Å². The Balaban J connectivity index is 1.53. The summed E-state index contributed by atoms with van der Waals surface area (Å²) in [6.07, 6.45) is -6.88. The fraction of sp³-hybridized carbons (Fsp3) is 0.0588. The van der Waals surface area contributed by atoms with Gasteiger partial charge in [-0.15, -0.1) is 0 Å². The van der Waals surface area contributed by atoms with E-state index in [9.17, 15) is 26.3 Å². The molecule has 0 aliphatic heterocycles. The summed E-state index contributed by atoms with van der Waals surface area (Å²) in [7, 11) is 0. The minimum absolute atomic E-state index is 0.0434. The molecule has 0 fully saturated rings. The minimum atomic E-state index is -4.62. The van der Waals surface area contributed by atoms with Crippen LogP contribution in [0.4, 0.5) is 26.3 Å². The fourth-order valence-corrected chi connectivity index (χ4v) is 5.72. The van der Waals surface area contributed by atoms with Crippen molar-refractivity contribution in [3.63, 3.8) is 0 Å². The highest BCUT2D eigenvalue weighted by molar-refractivity contribution is 6.18. The van der Waals surface area contributed by atoms with Crippen LogP contribution in [-0.4, -0.2) is 9.97 Å². The first kappa shape index (κ1) is 27.5. The van der Waals surface area contributed by atoms with E-state index >= 15 is 0 Å². The van der Waals surface area contributed by atoms with Crippen LogP contribution in [0.3, 0.4) is 0 Å². The van der Waals surface area contributed by atoms with E-state index in [1.165, 1.54) is 49.2 Å². The summed E-state index contributed by atoms with van der Waals surface area (Å²) in [5, 5.41) is 0. The van der Waals surface area contributed by atoms with Gasteiger partial charge in [-0.25, -0.2) is 9.97 Å². The third-order valence-electron chi connectivity index (χ3n) is 7.50. The largest absolute Gasteiger partial charge is 0.443 e. The van der Waals surface area contributed by atoms with E-state index in [0.717, 1.165) is 12.1 Å². The maximum atomic E-state index is 14.1. The van der Waals surface area contributed by atoms with Crippen molar-refractivity contribution in [2.24, 2.45) is 0 Å². The normalized spacial score (nSPS) is 12.3. The minimum Gasteiger partial charge on any atom is -0.443 e. The van der Waals surface area contributed by atoms with Crippen LogP contribution in [0.1, 0.15) is 11.1 Å². The predicted molar refractivity (Wildman–Crippen MR) is 153 cm³/mol. The summed E-state index contributed by atoms with van der Waals surface area (Å²) >= 11 is 0. The van der Waals surface area contributed by atoms with Crippen molar-refractivity contribution in [1.82, 2.24) is 9.97 Å². The van der Waals surface area contributed by atoms with Gasteiger partial charge in [0, 0.05) is 0 Å². The van der Waals surface area contributed by atoms with Gasteiger partial charge < -0.3 is 8.83 Å². The summed E-state index contributed by atoms with van der Waals surface area (Å²) in [5.74, 6) is 0. The Morgan fingerprint density at radius 1 is 0.409 bits per heavy atom. The lowest BCUT2D eigenvalue weighted by atomic mass is 9.87. The standard InChI is InChI=1S/C34H18F6N2O2/c35-33(36,37)25-15-7-5-11-21(25)19-9-1-3-13-23(19)27-29-32(44-17-41-29)28(30-31(27)43-18-42-30)24-14-4-2-10-20(24)22-12-6-8-16-26(22)34(38,39)40/h1-18H. The fourth-order valence-electron chi connectivity index (χ4n) is 5.72. The lowest BCUT2D eigenvalue weighted by Crippen LogP contribution is -2.07. The van der Waals surface area contributed by atoms with E-state index in [4.69, 9.17) is 8.83 Å². The number of fused-ring (bicyclic) bond motifs is 2. The van der Waals surface area contributed by atoms with Gasteiger partial charge in [-0.1, -0.05) is 84.9 Å². The van der Waals surface area contributed by atoms with E-state index in [-0.39, 0.29) is 44.5 Å². The number of nitrogens with zero attached hydrogens (tertiary/aromatic N) is 2. The number of hydrogen-bond acceptors (Lipinski definition) is 4. The Morgan fingerprint density at radius 3 is 1.09 bits per heavy atom. The van der Waals surface area contributed by atoms with Crippen LogP contribution >= 0.6 is 0 Å². The van der Waals surface area contributed by atoms with Gasteiger partial charge in [0.2, 0.25) is 0 Å². The number of alkyl halides is 6. The van der Waals surface area contributed by atoms with Crippen LogP contribution in [-0.2, 0) is 12.4 Å². The second kappa shape index (κ2) is 10.1. The van der Waals surface area contributed by atoms with Crippen molar-refractivity contribution < 1.29 is 35.2 Å². The number of oxazole rings is 2. The van der Waals surface area contributed by atoms with Gasteiger partial charge in [0.05, 0.1) is 22.3 Å². The van der Waals surface area contributed by atoms with Crippen molar-refractivity contribution in [2.75, 3.05) is 0 Å². The molecule has 2 aromatic heterocycles. The maximum absolute atomic E-state index is 14.1. The number of aromatic nitrogens is 2. The predicted octanol–water partition coefficient (Wildman–Crippen LogP) is 10.7. The Hall–Kier alpha value is -5.38. The molecule has 218 valence electrons. The molecule has 5 aromatic carbocycles. The molecule has 10 heteroatoms. The molecule has 0 saturated heterocycles. The van der Waals surface area contributed by atoms with Crippen molar-refractivity contribution in [1.29, 1.82) is 0 Å². The van der Waals surface area contributed by atoms with Gasteiger partial charge in [-0.2, -0.15) is 26.3 Å². The molecule has 4 nitrogen and oxygen atoms in total. The molecule has 7 aromatic rings. The summed E-state index contributed by atoms with van der Waals surface area (Å²) < 4.78 is 96.1. The average molecular weight is 601 g/mol. The molecule has 0 bridgehead atoms. The molecule has 2 heterocycles. The molecule has 0 aliphatic carbocycles. The Morgan fingerprint density at radius 2 is 0.727 bits per heavy atom. The number of rotatable bonds is 4. The molecule has 0 atom stereocenters. The molecule has 0 N–H and O–H groups in total. The summed E-state index contributed by atoms with van der Waals surface area (Å²) in [6, 6.07) is 23.6. The maximum Gasteiger partial charge on any atom is 0.417 e. The number of halogens is 6. The Bertz CT molecular complexity index is 1970. The molecule has 44 heavy (non-hydrogen) atoms. The molecule has 7 rings (SSSR count). The number of hydrogen-bond donors (Lipinski definition) is 0. The second-order valence-electron chi connectivity index (χ2n) is 9.99. The molecule has 0 unspecified atom stereocenters. The van der Waals surface area contributed by atoms with Crippen LogP contribution in [0.2, 0.25) is 0 Å².